The van der Waals surface area contributed by atoms with Crippen LogP contribution in [0.15, 0.2) is 6.20 Å². The highest BCUT2D eigenvalue weighted by Crippen LogP contribution is 2.18. The minimum Gasteiger partial charge on any atom is -0.352 e. The van der Waals surface area contributed by atoms with E-state index >= 15 is 0 Å². The van der Waals surface area contributed by atoms with Gasteiger partial charge in [-0.05, 0) is 20.0 Å². The van der Waals surface area contributed by atoms with Crippen molar-refractivity contribution in [1.29, 1.82) is 0 Å². The number of hydrogen-bond acceptors (Lipinski definition) is 6. The molecule has 1 heterocycles. The fourth-order valence-electron chi connectivity index (χ4n) is 1.69. The summed E-state index contributed by atoms with van der Waals surface area (Å²) in [5.41, 5.74) is 2.34. The number of nitrogens with two attached hydrogens (primary N) is 1. The normalized spacial score (nSPS) is 11.2. The molecule has 1 aromatic rings. The number of hydrazine groups is 1. The van der Waals surface area contributed by atoms with Crippen molar-refractivity contribution in [3.05, 3.63) is 12.0 Å². The first-order valence-corrected chi connectivity index (χ1v) is 6.33. The highest BCUT2D eigenvalue weighted by Gasteiger charge is 2.16. The van der Waals surface area contributed by atoms with Crippen LogP contribution in [-0.4, -0.2) is 48.6 Å². The summed E-state index contributed by atoms with van der Waals surface area (Å²) in [5.74, 6) is 5.75. The molecule has 19 heavy (non-hydrogen) atoms. The summed E-state index contributed by atoms with van der Waals surface area (Å²) in [6, 6.07) is 0. The zero-order chi connectivity index (χ0) is 14.4. The minimum absolute atomic E-state index is 0.218. The fraction of sp³-hybridized carbons (Fsp3) is 0.667. The molecule has 0 radical (unpaired) electrons. The lowest BCUT2D eigenvalue weighted by Gasteiger charge is -2.27. The van der Waals surface area contributed by atoms with E-state index in [9.17, 15) is 4.39 Å². The van der Waals surface area contributed by atoms with E-state index in [0.29, 0.717) is 18.3 Å². The highest BCUT2D eigenvalue weighted by atomic mass is 19.1. The lowest BCUT2D eigenvalue weighted by Crippen LogP contribution is -2.35. The fourth-order valence-corrected chi connectivity index (χ4v) is 1.69. The first kappa shape index (κ1) is 15.6. The second-order valence-electron chi connectivity index (χ2n) is 5.15. The molecule has 108 valence electrons. The van der Waals surface area contributed by atoms with Gasteiger partial charge < -0.3 is 9.80 Å². The Morgan fingerprint density at radius 2 is 2.05 bits per heavy atom. The molecular weight excluding hydrogens is 247 g/mol. The maximum atomic E-state index is 13.9. The number of likely N-dealkylation sites (N-methyl/N-ethyl adjacent to an activating group) is 1. The molecular formula is C12H23FN6. The second-order valence-corrected chi connectivity index (χ2v) is 5.15. The van der Waals surface area contributed by atoms with Crippen molar-refractivity contribution in [2.45, 2.75) is 13.8 Å². The Hall–Kier alpha value is -1.47. The number of hydrogen-bond donors (Lipinski definition) is 2. The van der Waals surface area contributed by atoms with E-state index in [4.69, 9.17) is 5.84 Å². The van der Waals surface area contributed by atoms with E-state index in [1.165, 1.54) is 0 Å². The maximum Gasteiger partial charge on any atom is 0.239 e. The molecule has 6 nitrogen and oxygen atoms in total. The number of nitrogens with one attached hydrogen (secondary N) is 1. The van der Waals surface area contributed by atoms with Crippen LogP contribution in [0.1, 0.15) is 13.8 Å². The molecule has 0 atom stereocenters. The standard InChI is InChI=1S/C12H23FN6/c1-9(2)8-19(6-5-18(3)4)11-10(13)7-15-12(16-11)17-14/h7,9H,5-6,8,14H2,1-4H3,(H,15,16,17). The summed E-state index contributed by atoms with van der Waals surface area (Å²) in [4.78, 5) is 11.8. The van der Waals surface area contributed by atoms with Crippen molar-refractivity contribution < 1.29 is 4.39 Å². The molecule has 0 bridgehead atoms. The molecule has 0 amide bonds. The molecule has 0 spiro atoms. The lowest BCUT2D eigenvalue weighted by molar-refractivity contribution is 0.407. The molecule has 0 aromatic carbocycles. The lowest BCUT2D eigenvalue weighted by atomic mass is 10.2. The average Bonchev–Trinajstić information content (AvgIpc) is 2.34. The molecule has 0 aliphatic rings. The van der Waals surface area contributed by atoms with Crippen molar-refractivity contribution in [2.75, 3.05) is 44.1 Å². The quantitative estimate of drug-likeness (QED) is 0.567. The van der Waals surface area contributed by atoms with Crippen LogP contribution >= 0.6 is 0 Å². The Morgan fingerprint density at radius 3 is 2.58 bits per heavy atom. The van der Waals surface area contributed by atoms with Crippen LogP contribution in [0.25, 0.3) is 0 Å². The van der Waals surface area contributed by atoms with Gasteiger partial charge in [-0.3, -0.25) is 5.43 Å². The van der Waals surface area contributed by atoms with Gasteiger partial charge in [-0.1, -0.05) is 13.8 Å². The van der Waals surface area contributed by atoms with E-state index in [1.54, 1.807) is 0 Å². The molecule has 0 unspecified atom stereocenters. The topological polar surface area (TPSA) is 70.3 Å². The summed E-state index contributed by atoms with van der Waals surface area (Å²) in [7, 11) is 3.97. The molecule has 0 saturated carbocycles. The van der Waals surface area contributed by atoms with Gasteiger partial charge in [0.25, 0.3) is 0 Å². The van der Waals surface area contributed by atoms with Gasteiger partial charge in [-0.15, -0.1) is 0 Å². The van der Waals surface area contributed by atoms with E-state index < -0.39 is 5.82 Å². The number of rotatable bonds is 7. The van der Waals surface area contributed by atoms with Crippen molar-refractivity contribution >= 4 is 11.8 Å². The SMILES string of the molecule is CC(C)CN(CCN(C)C)c1nc(NN)ncc1F. The van der Waals surface area contributed by atoms with Crippen molar-refractivity contribution in [1.82, 2.24) is 14.9 Å². The summed E-state index contributed by atoms with van der Waals surface area (Å²) >= 11 is 0. The van der Waals surface area contributed by atoms with Gasteiger partial charge in [-0.25, -0.2) is 15.2 Å². The van der Waals surface area contributed by atoms with Crippen LogP contribution in [0, 0.1) is 11.7 Å². The van der Waals surface area contributed by atoms with Gasteiger partial charge in [-0.2, -0.15) is 4.98 Å². The number of halogens is 1. The van der Waals surface area contributed by atoms with Crippen LogP contribution in [0.4, 0.5) is 16.2 Å². The van der Waals surface area contributed by atoms with Gasteiger partial charge in [0.15, 0.2) is 11.6 Å². The van der Waals surface area contributed by atoms with E-state index in [0.717, 1.165) is 19.3 Å². The first-order chi connectivity index (χ1) is 8.93. The first-order valence-electron chi connectivity index (χ1n) is 6.33. The molecule has 1 rings (SSSR count). The van der Waals surface area contributed by atoms with Gasteiger partial charge in [0.1, 0.15) is 0 Å². The average molecular weight is 270 g/mol. The third-order valence-corrected chi connectivity index (χ3v) is 2.56. The molecule has 0 saturated heterocycles. The zero-order valence-corrected chi connectivity index (χ0v) is 12.0. The number of aromatic nitrogens is 2. The Balaban J connectivity index is 2.94. The molecule has 7 heteroatoms. The maximum absolute atomic E-state index is 13.9. The van der Waals surface area contributed by atoms with E-state index in [1.807, 2.05) is 19.0 Å². The molecule has 0 aliphatic carbocycles. The van der Waals surface area contributed by atoms with Gasteiger partial charge in [0, 0.05) is 19.6 Å². The van der Waals surface area contributed by atoms with Crippen molar-refractivity contribution in [3.63, 3.8) is 0 Å². The van der Waals surface area contributed by atoms with Crippen LogP contribution in [0.5, 0.6) is 0 Å². The van der Waals surface area contributed by atoms with Crippen molar-refractivity contribution in [3.8, 4) is 0 Å². The molecule has 3 N–H and O–H groups in total. The smallest absolute Gasteiger partial charge is 0.239 e. The molecule has 1 aromatic heterocycles. The predicted octanol–water partition coefficient (Wildman–Crippen LogP) is 0.925. The summed E-state index contributed by atoms with van der Waals surface area (Å²) < 4.78 is 13.9. The third-order valence-electron chi connectivity index (χ3n) is 2.56. The monoisotopic (exact) mass is 270 g/mol. The van der Waals surface area contributed by atoms with Crippen LogP contribution in [-0.2, 0) is 0 Å². The number of anilines is 2. The third kappa shape index (κ3) is 4.96. The number of nitrogens with zero attached hydrogens (tertiary/aromatic N) is 4. The predicted molar refractivity (Wildman–Crippen MR) is 75.4 cm³/mol. The second kappa shape index (κ2) is 7.20. The van der Waals surface area contributed by atoms with Crippen molar-refractivity contribution in [2.24, 2.45) is 11.8 Å². The summed E-state index contributed by atoms with van der Waals surface area (Å²) in [5, 5.41) is 0. The number of nitrogen functional groups attached to an aromatic ring is 1. The largest absolute Gasteiger partial charge is 0.352 e. The highest BCUT2D eigenvalue weighted by molar-refractivity contribution is 5.43. The summed E-state index contributed by atoms with van der Waals surface area (Å²) in [6.45, 7) is 6.42. The molecule has 0 aliphatic heterocycles. The van der Waals surface area contributed by atoms with Gasteiger partial charge >= 0.3 is 0 Å². The molecule has 0 fully saturated rings. The minimum atomic E-state index is -0.432. The van der Waals surface area contributed by atoms with Crippen LogP contribution in [0.3, 0.4) is 0 Å². The summed E-state index contributed by atoms with van der Waals surface area (Å²) in [6.07, 6.45) is 1.14. The Morgan fingerprint density at radius 1 is 1.37 bits per heavy atom. The Labute approximate surface area is 113 Å². The van der Waals surface area contributed by atoms with Gasteiger partial charge in [0.2, 0.25) is 5.95 Å². The Kier molecular flexibility index (Phi) is 5.91. The van der Waals surface area contributed by atoms with Crippen LogP contribution < -0.4 is 16.2 Å². The van der Waals surface area contributed by atoms with E-state index in [2.05, 4.69) is 34.1 Å². The van der Waals surface area contributed by atoms with E-state index in [-0.39, 0.29) is 5.95 Å². The Bertz CT molecular complexity index is 396. The van der Waals surface area contributed by atoms with Gasteiger partial charge in [0.05, 0.1) is 6.20 Å². The van der Waals surface area contributed by atoms with Crippen LogP contribution in [0.2, 0.25) is 0 Å². The zero-order valence-electron chi connectivity index (χ0n) is 12.0.